The largest absolute Gasteiger partial charge is 0.362 e. The lowest BCUT2D eigenvalue weighted by Crippen LogP contribution is -2.44. The van der Waals surface area contributed by atoms with E-state index in [9.17, 15) is 14.4 Å². The SMILES string of the molecule is O=C(COCC(=O)N1CCCCCC1)NNC(=O)c1ccc(Br)cc1. The molecule has 25 heavy (non-hydrogen) atoms. The summed E-state index contributed by atoms with van der Waals surface area (Å²) in [6.45, 7) is 1.07. The number of ether oxygens (including phenoxy) is 1. The van der Waals surface area contributed by atoms with Crippen molar-refractivity contribution in [3.8, 4) is 0 Å². The minimum absolute atomic E-state index is 0.103. The molecular formula is C17H22BrN3O4. The van der Waals surface area contributed by atoms with Crippen molar-refractivity contribution in [2.75, 3.05) is 26.3 Å². The summed E-state index contributed by atoms with van der Waals surface area (Å²) >= 11 is 3.28. The van der Waals surface area contributed by atoms with Gasteiger partial charge in [-0.05, 0) is 37.1 Å². The van der Waals surface area contributed by atoms with Gasteiger partial charge in [0.05, 0.1) is 0 Å². The quantitative estimate of drug-likeness (QED) is 0.720. The molecule has 8 heteroatoms. The van der Waals surface area contributed by atoms with Crippen LogP contribution in [0.15, 0.2) is 28.7 Å². The molecule has 1 saturated heterocycles. The number of rotatable bonds is 5. The second-order valence-corrected chi connectivity index (χ2v) is 6.71. The number of benzene rings is 1. The number of hydrogen-bond donors (Lipinski definition) is 2. The van der Waals surface area contributed by atoms with Crippen LogP contribution in [0, 0.1) is 0 Å². The molecule has 0 aliphatic carbocycles. The Balaban J connectivity index is 1.64. The van der Waals surface area contributed by atoms with E-state index >= 15 is 0 Å². The van der Waals surface area contributed by atoms with Crippen LogP contribution in [0.5, 0.6) is 0 Å². The van der Waals surface area contributed by atoms with Crippen LogP contribution >= 0.6 is 15.9 Å². The first-order valence-corrected chi connectivity index (χ1v) is 9.06. The van der Waals surface area contributed by atoms with Gasteiger partial charge >= 0.3 is 0 Å². The maximum absolute atomic E-state index is 12.0. The fraction of sp³-hybridized carbons (Fsp3) is 0.471. The Bertz CT molecular complexity index is 598. The van der Waals surface area contributed by atoms with Crippen molar-refractivity contribution in [3.05, 3.63) is 34.3 Å². The smallest absolute Gasteiger partial charge is 0.269 e. The molecule has 1 heterocycles. The van der Waals surface area contributed by atoms with Crippen LogP contribution in [0.1, 0.15) is 36.0 Å². The number of halogens is 1. The third kappa shape index (κ3) is 6.83. The Hall–Kier alpha value is -1.93. The average Bonchev–Trinajstić information content (AvgIpc) is 2.89. The third-order valence-electron chi connectivity index (χ3n) is 3.84. The summed E-state index contributed by atoms with van der Waals surface area (Å²) < 4.78 is 6.00. The molecule has 2 rings (SSSR count). The van der Waals surface area contributed by atoms with Gasteiger partial charge in [-0.15, -0.1) is 0 Å². The van der Waals surface area contributed by atoms with Gasteiger partial charge in [0.1, 0.15) is 13.2 Å². The van der Waals surface area contributed by atoms with Gasteiger partial charge in [-0.1, -0.05) is 28.8 Å². The number of nitrogens with one attached hydrogen (secondary N) is 2. The van der Waals surface area contributed by atoms with Gasteiger partial charge in [0.25, 0.3) is 11.8 Å². The Morgan fingerprint density at radius 3 is 2.24 bits per heavy atom. The molecule has 136 valence electrons. The highest BCUT2D eigenvalue weighted by molar-refractivity contribution is 9.10. The van der Waals surface area contributed by atoms with Crippen molar-refractivity contribution in [2.24, 2.45) is 0 Å². The number of carbonyl (C=O) groups excluding carboxylic acids is 3. The molecule has 0 atom stereocenters. The Morgan fingerprint density at radius 1 is 0.960 bits per heavy atom. The van der Waals surface area contributed by atoms with E-state index in [0.29, 0.717) is 5.56 Å². The highest BCUT2D eigenvalue weighted by atomic mass is 79.9. The van der Waals surface area contributed by atoms with Gasteiger partial charge in [-0.25, -0.2) is 0 Å². The number of carbonyl (C=O) groups is 3. The van der Waals surface area contributed by atoms with Gasteiger partial charge in [-0.2, -0.15) is 0 Å². The zero-order valence-electron chi connectivity index (χ0n) is 13.9. The number of hydrogen-bond acceptors (Lipinski definition) is 4. The van der Waals surface area contributed by atoms with E-state index in [4.69, 9.17) is 4.74 Å². The maximum atomic E-state index is 12.0. The Labute approximate surface area is 155 Å². The fourth-order valence-electron chi connectivity index (χ4n) is 2.48. The van der Waals surface area contributed by atoms with Crippen molar-refractivity contribution >= 4 is 33.7 Å². The molecule has 0 spiro atoms. The molecule has 1 aliphatic heterocycles. The van der Waals surface area contributed by atoms with Gasteiger partial charge in [0.15, 0.2) is 0 Å². The summed E-state index contributed by atoms with van der Waals surface area (Å²) in [4.78, 5) is 37.3. The predicted octanol–water partition coefficient (Wildman–Crippen LogP) is 1.63. The monoisotopic (exact) mass is 411 g/mol. The normalized spacial score (nSPS) is 14.5. The van der Waals surface area contributed by atoms with Crippen molar-refractivity contribution in [1.29, 1.82) is 0 Å². The highest BCUT2D eigenvalue weighted by Crippen LogP contribution is 2.10. The van der Waals surface area contributed by atoms with Crippen LogP contribution in [0.2, 0.25) is 0 Å². The first-order valence-electron chi connectivity index (χ1n) is 8.26. The van der Waals surface area contributed by atoms with Crippen LogP contribution < -0.4 is 10.9 Å². The van der Waals surface area contributed by atoms with Crippen LogP contribution in [0.3, 0.4) is 0 Å². The first-order chi connectivity index (χ1) is 12.1. The van der Waals surface area contributed by atoms with E-state index in [1.165, 1.54) is 0 Å². The molecule has 0 saturated carbocycles. The fourth-order valence-corrected chi connectivity index (χ4v) is 2.74. The van der Waals surface area contributed by atoms with Gasteiger partial charge in [0.2, 0.25) is 5.91 Å². The van der Waals surface area contributed by atoms with Crippen molar-refractivity contribution in [3.63, 3.8) is 0 Å². The summed E-state index contributed by atoms with van der Waals surface area (Å²) in [5.74, 6) is -1.05. The molecule has 7 nitrogen and oxygen atoms in total. The van der Waals surface area contributed by atoms with Crippen LogP contribution in [-0.2, 0) is 14.3 Å². The number of likely N-dealkylation sites (tertiary alicyclic amines) is 1. The van der Waals surface area contributed by atoms with E-state index in [-0.39, 0.29) is 19.1 Å². The highest BCUT2D eigenvalue weighted by Gasteiger charge is 2.16. The predicted molar refractivity (Wildman–Crippen MR) is 95.6 cm³/mol. The minimum Gasteiger partial charge on any atom is -0.362 e. The zero-order chi connectivity index (χ0) is 18.1. The van der Waals surface area contributed by atoms with Crippen LogP contribution in [0.25, 0.3) is 0 Å². The Kier molecular flexibility index (Phi) is 7.87. The van der Waals surface area contributed by atoms with Crippen molar-refractivity contribution in [2.45, 2.75) is 25.7 Å². The first kappa shape index (κ1) is 19.4. The summed E-state index contributed by atoms with van der Waals surface area (Å²) in [5, 5.41) is 0. The van der Waals surface area contributed by atoms with Crippen molar-refractivity contribution < 1.29 is 19.1 Å². The lowest BCUT2D eigenvalue weighted by Gasteiger charge is -2.20. The summed E-state index contributed by atoms with van der Waals surface area (Å²) in [6, 6.07) is 6.71. The molecule has 0 radical (unpaired) electrons. The molecular weight excluding hydrogens is 390 g/mol. The second-order valence-electron chi connectivity index (χ2n) is 5.80. The second kappa shape index (κ2) is 10.1. The molecule has 1 fully saturated rings. The van der Waals surface area contributed by atoms with E-state index in [1.807, 2.05) is 0 Å². The standard InChI is InChI=1S/C17H22BrN3O4/c18-14-7-5-13(6-8-14)17(24)20-19-15(22)11-25-12-16(23)21-9-3-1-2-4-10-21/h5-8H,1-4,9-12H2,(H,19,22)(H,20,24). The molecule has 3 amide bonds. The third-order valence-corrected chi connectivity index (χ3v) is 4.37. The lowest BCUT2D eigenvalue weighted by atomic mass is 10.2. The topological polar surface area (TPSA) is 87.7 Å². The lowest BCUT2D eigenvalue weighted by molar-refractivity contribution is -0.138. The Morgan fingerprint density at radius 2 is 1.60 bits per heavy atom. The molecule has 0 unspecified atom stereocenters. The number of nitrogens with zero attached hydrogens (tertiary/aromatic N) is 1. The van der Waals surface area contributed by atoms with Gasteiger partial charge in [-0.3, -0.25) is 25.2 Å². The molecule has 0 bridgehead atoms. The molecule has 1 aliphatic rings. The van der Waals surface area contributed by atoms with Crippen LogP contribution in [0.4, 0.5) is 0 Å². The van der Waals surface area contributed by atoms with Gasteiger partial charge in [0, 0.05) is 23.1 Å². The summed E-state index contributed by atoms with van der Waals surface area (Å²) in [7, 11) is 0. The van der Waals surface area contributed by atoms with E-state index in [1.54, 1.807) is 29.2 Å². The molecule has 0 aromatic heterocycles. The van der Waals surface area contributed by atoms with Crippen molar-refractivity contribution in [1.82, 2.24) is 15.8 Å². The molecule has 2 N–H and O–H groups in total. The summed E-state index contributed by atoms with van der Waals surface area (Å²) in [6.07, 6.45) is 4.30. The zero-order valence-corrected chi connectivity index (χ0v) is 15.5. The van der Waals surface area contributed by atoms with E-state index < -0.39 is 11.8 Å². The van der Waals surface area contributed by atoms with E-state index in [2.05, 4.69) is 26.8 Å². The summed E-state index contributed by atoms with van der Waals surface area (Å²) in [5.41, 5.74) is 4.97. The molecule has 1 aromatic rings. The van der Waals surface area contributed by atoms with Gasteiger partial charge < -0.3 is 9.64 Å². The molecule has 1 aromatic carbocycles. The van der Waals surface area contributed by atoms with E-state index in [0.717, 1.165) is 43.2 Å². The van der Waals surface area contributed by atoms with Crippen LogP contribution in [-0.4, -0.2) is 48.9 Å². The average molecular weight is 412 g/mol. The number of hydrazine groups is 1. The number of amides is 3. The maximum Gasteiger partial charge on any atom is 0.269 e. The minimum atomic E-state index is -0.519.